The lowest BCUT2D eigenvalue weighted by atomic mass is 9.91. The average molecular weight is 468 g/mol. The summed E-state index contributed by atoms with van der Waals surface area (Å²) in [7, 11) is -0.806. The van der Waals surface area contributed by atoms with Gasteiger partial charge in [-0.05, 0) is 31.5 Å². The second kappa shape index (κ2) is 9.13. The maximum Gasteiger partial charge on any atom is 0.247 e. The van der Waals surface area contributed by atoms with Gasteiger partial charge in [0.05, 0.1) is 15.7 Å². The van der Waals surface area contributed by atoms with E-state index in [0.29, 0.717) is 16.3 Å². The number of thioether (sulfide) groups is 1. The Bertz CT molecular complexity index is 1040. The molecule has 0 aromatic heterocycles. The van der Waals surface area contributed by atoms with Gasteiger partial charge in [0.15, 0.2) is 5.78 Å². The van der Waals surface area contributed by atoms with Crippen LogP contribution in [0.25, 0.3) is 0 Å². The number of hydrogen-bond donors (Lipinski definition) is 1. The number of benzene rings is 1. The second-order valence-electron chi connectivity index (χ2n) is 8.58. The van der Waals surface area contributed by atoms with Gasteiger partial charge in [-0.3, -0.25) is 19.3 Å². The molecule has 170 valence electrons. The van der Waals surface area contributed by atoms with E-state index >= 15 is 0 Å². The molecule has 10 heteroatoms. The van der Waals surface area contributed by atoms with E-state index in [-0.39, 0.29) is 22.3 Å². The van der Waals surface area contributed by atoms with Gasteiger partial charge in [-0.15, -0.1) is 0 Å². The van der Waals surface area contributed by atoms with Crippen molar-refractivity contribution in [3.8, 4) is 0 Å². The number of amides is 2. The summed E-state index contributed by atoms with van der Waals surface area (Å²) in [6, 6.07) is 3.61. The number of hydrogen-bond acceptors (Lipinski definition) is 6. The highest BCUT2D eigenvalue weighted by Gasteiger charge is 2.36. The SMILES string of the molecule is Cc1ccc(S(=O)(=O)N(C)C)cc1NC(=O)[C@H](C)N1C(=O)CS/C1=C/C(=O)C(C)(C)C. The summed E-state index contributed by atoms with van der Waals surface area (Å²) in [4.78, 5) is 39.1. The van der Waals surface area contributed by atoms with Crippen molar-refractivity contribution in [2.75, 3.05) is 25.2 Å². The van der Waals surface area contributed by atoms with Crippen molar-refractivity contribution < 1.29 is 22.8 Å². The number of nitrogens with zero attached hydrogens (tertiary/aromatic N) is 2. The third kappa shape index (κ3) is 5.55. The van der Waals surface area contributed by atoms with E-state index in [0.717, 1.165) is 4.31 Å². The third-order valence-corrected chi connectivity index (χ3v) is 7.67. The molecule has 2 rings (SSSR count). The third-order valence-electron chi connectivity index (χ3n) is 4.86. The Morgan fingerprint density at radius 2 is 1.87 bits per heavy atom. The monoisotopic (exact) mass is 467 g/mol. The Balaban J connectivity index is 2.30. The number of anilines is 1. The topological polar surface area (TPSA) is 104 Å². The quantitative estimate of drug-likeness (QED) is 0.645. The van der Waals surface area contributed by atoms with E-state index in [9.17, 15) is 22.8 Å². The van der Waals surface area contributed by atoms with Crippen LogP contribution in [0.2, 0.25) is 0 Å². The Morgan fingerprint density at radius 1 is 1.26 bits per heavy atom. The fourth-order valence-corrected chi connectivity index (χ4v) is 4.63. The van der Waals surface area contributed by atoms with Crippen LogP contribution in [-0.2, 0) is 24.4 Å². The minimum Gasteiger partial charge on any atom is -0.324 e. The summed E-state index contributed by atoms with van der Waals surface area (Å²) in [5.74, 6) is -0.732. The molecule has 0 bridgehead atoms. The van der Waals surface area contributed by atoms with E-state index in [4.69, 9.17) is 0 Å². The van der Waals surface area contributed by atoms with Gasteiger partial charge in [0, 0.05) is 31.3 Å². The number of ketones is 1. The lowest BCUT2D eigenvalue weighted by Crippen LogP contribution is -2.42. The molecule has 31 heavy (non-hydrogen) atoms. The van der Waals surface area contributed by atoms with E-state index in [1.54, 1.807) is 40.7 Å². The van der Waals surface area contributed by atoms with Crippen molar-refractivity contribution in [1.82, 2.24) is 9.21 Å². The molecule has 1 heterocycles. The van der Waals surface area contributed by atoms with Gasteiger partial charge in [0.1, 0.15) is 6.04 Å². The zero-order valence-corrected chi connectivity index (χ0v) is 20.5. The lowest BCUT2D eigenvalue weighted by molar-refractivity contribution is -0.132. The highest BCUT2D eigenvalue weighted by molar-refractivity contribution is 8.04. The molecule has 2 amide bonds. The number of rotatable bonds is 6. The van der Waals surface area contributed by atoms with Crippen LogP contribution in [0, 0.1) is 12.3 Å². The molecule has 0 saturated carbocycles. The van der Waals surface area contributed by atoms with Crippen LogP contribution in [0.3, 0.4) is 0 Å². The van der Waals surface area contributed by atoms with Crippen LogP contribution in [0.4, 0.5) is 5.69 Å². The van der Waals surface area contributed by atoms with Gasteiger partial charge >= 0.3 is 0 Å². The average Bonchev–Trinajstić information content (AvgIpc) is 3.01. The normalized spacial score (nSPS) is 17.4. The summed E-state index contributed by atoms with van der Waals surface area (Å²) in [6.07, 6.45) is 1.41. The molecule has 1 aromatic rings. The fourth-order valence-electron chi connectivity index (χ4n) is 2.71. The number of carbonyl (C=O) groups excluding carboxylic acids is 3. The molecule has 1 N–H and O–H groups in total. The first-order valence-corrected chi connectivity index (χ1v) is 12.1. The van der Waals surface area contributed by atoms with E-state index < -0.39 is 27.4 Å². The number of nitrogens with one attached hydrogen (secondary N) is 1. The summed E-state index contributed by atoms with van der Waals surface area (Å²) in [5, 5.41) is 3.16. The van der Waals surface area contributed by atoms with Crippen molar-refractivity contribution >= 4 is 45.1 Å². The zero-order valence-electron chi connectivity index (χ0n) is 18.8. The standard InChI is InChI=1S/C21H29N3O5S2/c1-13-8-9-15(31(28,29)23(6)7)10-16(13)22-20(27)14(2)24-18(26)12-30-19(24)11-17(25)21(3,4)5/h8-11,14H,12H2,1-7H3,(H,22,27)/b19-11+/t14-/m0/s1. The maximum absolute atomic E-state index is 12.9. The zero-order chi connectivity index (χ0) is 23.7. The maximum atomic E-state index is 12.9. The largest absolute Gasteiger partial charge is 0.324 e. The van der Waals surface area contributed by atoms with E-state index in [1.807, 2.05) is 0 Å². The summed E-state index contributed by atoms with van der Waals surface area (Å²) in [5.41, 5.74) is 0.417. The van der Waals surface area contributed by atoms with Crippen LogP contribution in [0.1, 0.15) is 33.3 Å². The molecule has 0 spiro atoms. The molecular weight excluding hydrogens is 438 g/mol. The molecule has 1 saturated heterocycles. The summed E-state index contributed by atoms with van der Waals surface area (Å²) >= 11 is 1.22. The first-order chi connectivity index (χ1) is 14.2. The minimum atomic E-state index is -3.67. The first-order valence-electron chi connectivity index (χ1n) is 9.71. The van der Waals surface area contributed by atoms with E-state index in [1.165, 1.54) is 49.0 Å². The Labute approximate surface area is 188 Å². The van der Waals surface area contributed by atoms with Gasteiger partial charge in [-0.1, -0.05) is 38.6 Å². The highest BCUT2D eigenvalue weighted by atomic mass is 32.2. The predicted molar refractivity (Wildman–Crippen MR) is 122 cm³/mol. The fraction of sp³-hybridized carbons (Fsp3) is 0.476. The van der Waals surface area contributed by atoms with E-state index in [2.05, 4.69) is 5.32 Å². The van der Waals surface area contributed by atoms with Crippen molar-refractivity contribution in [2.24, 2.45) is 5.41 Å². The van der Waals surface area contributed by atoms with Crippen LogP contribution in [0.5, 0.6) is 0 Å². The first kappa shape index (κ1) is 25.1. The van der Waals surface area contributed by atoms with Crippen molar-refractivity contribution in [3.63, 3.8) is 0 Å². The number of sulfonamides is 1. The summed E-state index contributed by atoms with van der Waals surface area (Å²) in [6.45, 7) is 8.67. The molecular formula is C21H29N3O5S2. The number of aryl methyl sites for hydroxylation is 1. The van der Waals surface area contributed by atoms with Crippen LogP contribution >= 0.6 is 11.8 Å². The second-order valence-corrected chi connectivity index (χ2v) is 11.7. The Kier molecular flexibility index (Phi) is 7.39. The number of allylic oxidation sites excluding steroid dienone is 1. The van der Waals surface area contributed by atoms with Crippen molar-refractivity contribution in [3.05, 3.63) is 34.9 Å². The van der Waals surface area contributed by atoms with Gasteiger partial charge in [-0.2, -0.15) is 0 Å². The smallest absolute Gasteiger partial charge is 0.247 e. The molecule has 1 fully saturated rings. The van der Waals surface area contributed by atoms with Gasteiger partial charge in [0.25, 0.3) is 0 Å². The van der Waals surface area contributed by atoms with Crippen LogP contribution < -0.4 is 5.32 Å². The van der Waals surface area contributed by atoms with Crippen LogP contribution in [0.15, 0.2) is 34.2 Å². The van der Waals surface area contributed by atoms with Gasteiger partial charge in [0.2, 0.25) is 21.8 Å². The molecule has 1 atom stereocenters. The predicted octanol–water partition coefficient (Wildman–Crippen LogP) is 2.60. The van der Waals surface area contributed by atoms with Crippen molar-refractivity contribution in [1.29, 1.82) is 0 Å². The van der Waals surface area contributed by atoms with Crippen LogP contribution in [-0.4, -0.2) is 61.1 Å². The Hall–Kier alpha value is -2.17. The molecule has 8 nitrogen and oxygen atoms in total. The van der Waals surface area contributed by atoms with Crippen molar-refractivity contribution in [2.45, 2.75) is 45.6 Å². The Morgan fingerprint density at radius 3 is 2.42 bits per heavy atom. The molecule has 1 aliphatic rings. The molecule has 1 aromatic carbocycles. The molecule has 0 aliphatic carbocycles. The minimum absolute atomic E-state index is 0.0511. The molecule has 1 aliphatic heterocycles. The van der Waals surface area contributed by atoms with Gasteiger partial charge < -0.3 is 5.32 Å². The number of carbonyl (C=O) groups is 3. The highest BCUT2D eigenvalue weighted by Crippen LogP contribution is 2.33. The molecule has 0 radical (unpaired) electrons. The lowest BCUT2D eigenvalue weighted by Gasteiger charge is -2.25. The molecule has 0 unspecified atom stereocenters. The summed E-state index contributed by atoms with van der Waals surface area (Å²) < 4.78 is 25.9. The van der Waals surface area contributed by atoms with Gasteiger partial charge in [-0.25, -0.2) is 12.7 Å².